The van der Waals surface area contributed by atoms with Crippen LogP contribution in [0.15, 0.2) is 17.2 Å². The number of carbonyl (C=O) groups excluding carboxylic acids is 1. The minimum absolute atomic E-state index is 0.0152. The molecule has 22 heavy (non-hydrogen) atoms. The Morgan fingerprint density at radius 3 is 3.00 bits per heavy atom. The second kappa shape index (κ2) is 6.20. The molecule has 0 radical (unpaired) electrons. The minimum Gasteiger partial charge on any atom is -0.338 e. The molecule has 0 unspecified atom stereocenters. The molecule has 6 heteroatoms. The number of aryl methyl sites for hydroxylation is 1. The van der Waals surface area contributed by atoms with Gasteiger partial charge in [0.1, 0.15) is 11.4 Å². The SMILES string of the molecule is CCc1cc2c(=O)n(CC(=O)N3CCCC[C@H]3C)cnc2s1. The molecule has 1 aliphatic rings. The van der Waals surface area contributed by atoms with Crippen molar-refractivity contribution in [3.05, 3.63) is 27.6 Å². The summed E-state index contributed by atoms with van der Waals surface area (Å²) >= 11 is 1.55. The predicted molar refractivity (Wildman–Crippen MR) is 88.3 cm³/mol. The summed E-state index contributed by atoms with van der Waals surface area (Å²) in [5.41, 5.74) is -0.112. The van der Waals surface area contributed by atoms with E-state index in [0.717, 1.165) is 35.5 Å². The molecule has 0 aromatic carbocycles. The molecule has 1 aliphatic heterocycles. The van der Waals surface area contributed by atoms with Crippen LogP contribution in [0.25, 0.3) is 10.2 Å². The number of rotatable bonds is 3. The molecule has 0 spiro atoms. The zero-order valence-corrected chi connectivity index (χ0v) is 13.9. The number of piperidine rings is 1. The van der Waals surface area contributed by atoms with Gasteiger partial charge in [0.25, 0.3) is 5.56 Å². The molecular weight excluding hydrogens is 298 g/mol. The van der Waals surface area contributed by atoms with E-state index in [2.05, 4.69) is 18.8 Å². The maximum atomic E-state index is 12.5. The Morgan fingerprint density at radius 1 is 1.45 bits per heavy atom. The molecule has 0 bridgehead atoms. The number of nitrogens with zero attached hydrogens (tertiary/aromatic N) is 3. The average molecular weight is 319 g/mol. The number of fused-ring (bicyclic) bond motifs is 1. The minimum atomic E-state index is -0.112. The molecule has 3 heterocycles. The fourth-order valence-corrected chi connectivity index (χ4v) is 3.93. The van der Waals surface area contributed by atoms with E-state index >= 15 is 0 Å². The quantitative estimate of drug-likeness (QED) is 0.873. The van der Waals surface area contributed by atoms with Crippen LogP contribution in [-0.2, 0) is 17.8 Å². The summed E-state index contributed by atoms with van der Waals surface area (Å²) in [4.78, 5) is 33.1. The number of aromatic nitrogens is 2. The summed E-state index contributed by atoms with van der Waals surface area (Å²) in [6.45, 7) is 5.02. The van der Waals surface area contributed by atoms with Gasteiger partial charge in [-0.25, -0.2) is 4.98 Å². The van der Waals surface area contributed by atoms with Gasteiger partial charge in [0.05, 0.1) is 11.7 Å². The fourth-order valence-electron chi connectivity index (χ4n) is 3.00. The molecule has 118 valence electrons. The zero-order valence-electron chi connectivity index (χ0n) is 13.0. The highest BCUT2D eigenvalue weighted by molar-refractivity contribution is 7.18. The van der Waals surface area contributed by atoms with Crippen LogP contribution < -0.4 is 5.56 Å². The van der Waals surface area contributed by atoms with Crippen LogP contribution in [0.1, 0.15) is 38.0 Å². The van der Waals surface area contributed by atoms with E-state index in [0.29, 0.717) is 5.39 Å². The summed E-state index contributed by atoms with van der Waals surface area (Å²) in [5.74, 6) is 0.0152. The summed E-state index contributed by atoms with van der Waals surface area (Å²) in [6, 6.07) is 2.17. The van der Waals surface area contributed by atoms with Gasteiger partial charge in [-0.3, -0.25) is 14.2 Å². The Labute approximate surface area is 133 Å². The molecule has 1 amide bonds. The largest absolute Gasteiger partial charge is 0.338 e. The molecule has 2 aromatic rings. The van der Waals surface area contributed by atoms with E-state index < -0.39 is 0 Å². The van der Waals surface area contributed by atoms with Crippen molar-refractivity contribution < 1.29 is 4.79 Å². The number of likely N-dealkylation sites (tertiary alicyclic amines) is 1. The van der Waals surface area contributed by atoms with Gasteiger partial charge in [0, 0.05) is 17.5 Å². The first-order chi connectivity index (χ1) is 10.6. The van der Waals surface area contributed by atoms with Crippen LogP contribution >= 0.6 is 11.3 Å². The van der Waals surface area contributed by atoms with E-state index in [1.165, 1.54) is 17.3 Å². The van der Waals surface area contributed by atoms with E-state index in [9.17, 15) is 9.59 Å². The number of hydrogen-bond donors (Lipinski definition) is 0. The maximum absolute atomic E-state index is 12.5. The third kappa shape index (κ3) is 2.79. The number of carbonyl (C=O) groups is 1. The van der Waals surface area contributed by atoms with Gasteiger partial charge in [0.15, 0.2) is 0 Å². The first-order valence-corrected chi connectivity index (χ1v) is 8.69. The van der Waals surface area contributed by atoms with Crippen molar-refractivity contribution in [3.63, 3.8) is 0 Å². The second-order valence-electron chi connectivity index (χ2n) is 5.89. The van der Waals surface area contributed by atoms with Crippen molar-refractivity contribution in [2.75, 3.05) is 6.54 Å². The van der Waals surface area contributed by atoms with Crippen LogP contribution in [0.2, 0.25) is 0 Å². The first kappa shape index (κ1) is 15.2. The molecule has 5 nitrogen and oxygen atoms in total. The molecule has 3 rings (SSSR count). The Bertz CT molecular complexity index is 749. The Kier molecular flexibility index (Phi) is 4.29. The molecule has 2 aromatic heterocycles. The number of hydrogen-bond acceptors (Lipinski definition) is 4. The Balaban J connectivity index is 1.85. The predicted octanol–water partition coefficient (Wildman–Crippen LogP) is 2.42. The normalized spacial score (nSPS) is 18.8. The average Bonchev–Trinajstić information content (AvgIpc) is 2.94. The van der Waals surface area contributed by atoms with Gasteiger partial charge in [-0.05, 0) is 38.7 Å². The molecule has 0 saturated carbocycles. The van der Waals surface area contributed by atoms with Gasteiger partial charge in [-0.2, -0.15) is 0 Å². The summed E-state index contributed by atoms with van der Waals surface area (Å²) in [7, 11) is 0. The summed E-state index contributed by atoms with van der Waals surface area (Å²) in [5, 5.41) is 0.629. The van der Waals surface area contributed by atoms with Crippen LogP contribution in [-0.4, -0.2) is 32.9 Å². The topological polar surface area (TPSA) is 55.2 Å². The van der Waals surface area contributed by atoms with E-state index in [4.69, 9.17) is 0 Å². The molecule has 1 fully saturated rings. The summed E-state index contributed by atoms with van der Waals surface area (Å²) in [6.07, 6.45) is 5.67. The van der Waals surface area contributed by atoms with E-state index in [1.807, 2.05) is 11.0 Å². The molecule has 0 N–H and O–H groups in total. The third-order valence-corrected chi connectivity index (χ3v) is 5.53. The number of thiophene rings is 1. The van der Waals surface area contributed by atoms with E-state index in [1.54, 1.807) is 11.3 Å². The third-order valence-electron chi connectivity index (χ3n) is 4.35. The van der Waals surface area contributed by atoms with Crippen molar-refractivity contribution in [1.82, 2.24) is 14.5 Å². The number of amides is 1. The van der Waals surface area contributed by atoms with E-state index in [-0.39, 0.29) is 24.1 Å². The molecule has 1 atom stereocenters. The van der Waals surface area contributed by atoms with Gasteiger partial charge in [-0.15, -0.1) is 11.3 Å². The summed E-state index contributed by atoms with van der Waals surface area (Å²) < 4.78 is 1.44. The van der Waals surface area contributed by atoms with Gasteiger partial charge < -0.3 is 4.90 Å². The Morgan fingerprint density at radius 2 is 2.27 bits per heavy atom. The lowest BCUT2D eigenvalue weighted by molar-refractivity contribution is -0.135. The van der Waals surface area contributed by atoms with Crippen LogP contribution in [0.4, 0.5) is 0 Å². The highest BCUT2D eigenvalue weighted by Gasteiger charge is 2.23. The lowest BCUT2D eigenvalue weighted by Crippen LogP contribution is -2.44. The van der Waals surface area contributed by atoms with Crippen LogP contribution in [0.5, 0.6) is 0 Å². The highest BCUT2D eigenvalue weighted by atomic mass is 32.1. The van der Waals surface area contributed by atoms with Crippen LogP contribution in [0, 0.1) is 0 Å². The van der Waals surface area contributed by atoms with Crippen molar-refractivity contribution in [3.8, 4) is 0 Å². The highest BCUT2D eigenvalue weighted by Crippen LogP contribution is 2.21. The fraction of sp³-hybridized carbons (Fsp3) is 0.562. The Hall–Kier alpha value is -1.69. The van der Waals surface area contributed by atoms with Crippen molar-refractivity contribution in [2.24, 2.45) is 0 Å². The lowest BCUT2D eigenvalue weighted by atomic mass is 10.0. The van der Waals surface area contributed by atoms with Crippen LogP contribution in [0.3, 0.4) is 0 Å². The van der Waals surface area contributed by atoms with Gasteiger partial charge in [0.2, 0.25) is 5.91 Å². The molecule has 1 saturated heterocycles. The second-order valence-corrected chi connectivity index (χ2v) is 7.01. The molecular formula is C16H21N3O2S. The lowest BCUT2D eigenvalue weighted by Gasteiger charge is -2.33. The smallest absolute Gasteiger partial charge is 0.262 e. The first-order valence-electron chi connectivity index (χ1n) is 7.87. The van der Waals surface area contributed by atoms with Crippen molar-refractivity contribution in [2.45, 2.75) is 52.1 Å². The van der Waals surface area contributed by atoms with Crippen molar-refractivity contribution in [1.29, 1.82) is 0 Å². The standard InChI is InChI=1S/C16H21N3O2S/c1-3-12-8-13-15(22-12)17-10-18(16(13)21)9-14(20)19-7-5-4-6-11(19)2/h8,10-11H,3-7,9H2,1-2H3/t11-/m1/s1. The van der Waals surface area contributed by atoms with Crippen molar-refractivity contribution >= 4 is 27.5 Å². The maximum Gasteiger partial charge on any atom is 0.262 e. The zero-order chi connectivity index (χ0) is 15.7. The molecule has 0 aliphatic carbocycles. The van der Waals surface area contributed by atoms with Gasteiger partial charge >= 0.3 is 0 Å². The van der Waals surface area contributed by atoms with Gasteiger partial charge in [-0.1, -0.05) is 6.92 Å². The monoisotopic (exact) mass is 319 g/mol.